The molecule has 1 saturated carbocycles. The van der Waals surface area contributed by atoms with Gasteiger partial charge in [0, 0.05) is 25.6 Å². The molecular formula is C21H33FN2. The molecule has 1 spiro atoms. The molecule has 3 aliphatic rings. The van der Waals surface area contributed by atoms with Crippen LogP contribution >= 0.6 is 0 Å². The third-order valence-electron chi connectivity index (χ3n) is 6.88. The summed E-state index contributed by atoms with van der Waals surface area (Å²) >= 11 is 0. The first-order valence-corrected chi connectivity index (χ1v) is 9.91. The highest BCUT2D eigenvalue weighted by molar-refractivity contribution is 5.60. The van der Waals surface area contributed by atoms with Crippen molar-refractivity contribution in [2.24, 2.45) is 11.8 Å². The second-order valence-corrected chi connectivity index (χ2v) is 8.60. The maximum Gasteiger partial charge on any atom is 0.123 e. The Morgan fingerprint density at radius 2 is 2.04 bits per heavy atom. The third-order valence-corrected chi connectivity index (χ3v) is 6.88. The molecule has 2 aliphatic heterocycles. The van der Waals surface area contributed by atoms with Crippen molar-refractivity contribution in [2.45, 2.75) is 57.3 Å². The van der Waals surface area contributed by atoms with Crippen molar-refractivity contribution in [3.8, 4) is 0 Å². The summed E-state index contributed by atoms with van der Waals surface area (Å²) in [5.41, 5.74) is 2.55. The monoisotopic (exact) mass is 332 g/mol. The van der Waals surface area contributed by atoms with Crippen molar-refractivity contribution < 1.29 is 5.82 Å². The lowest BCUT2D eigenvalue weighted by Gasteiger charge is -2.40. The van der Waals surface area contributed by atoms with E-state index in [4.69, 9.17) is 0 Å². The molecule has 2 nitrogen and oxygen atoms in total. The molecule has 1 N–H and O–H groups in total. The molecule has 0 aromatic heterocycles. The van der Waals surface area contributed by atoms with Gasteiger partial charge in [0.2, 0.25) is 0 Å². The van der Waals surface area contributed by atoms with E-state index in [0.717, 1.165) is 24.1 Å². The molecule has 1 aliphatic carbocycles. The van der Waals surface area contributed by atoms with Gasteiger partial charge in [-0.25, -0.2) is 4.39 Å². The predicted molar refractivity (Wildman–Crippen MR) is 100 cm³/mol. The number of piperidine rings is 1. The number of hydrogen-bond acceptors (Lipinski definition) is 2. The fraction of sp³-hybridized carbons (Fsp3) is 0.714. The van der Waals surface area contributed by atoms with Gasteiger partial charge in [0.25, 0.3) is 0 Å². The quantitative estimate of drug-likeness (QED) is 0.763. The normalized spacial score (nSPS) is 29.9. The van der Waals surface area contributed by atoms with Crippen LogP contribution in [0.5, 0.6) is 0 Å². The summed E-state index contributed by atoms with van der Waals surface area (Å²) in [6.45, 7) is 7.02. The predicted octanol–water partition coefficient (Wildman–Crippen LogP) is 5.05. The highest BCUT2D eigenvalue weighted by atomic mass is 19.1. The van der Waals surface area contributed by atoms with Crippen LogP contribution in [-0.2, 0) is 5.41 Å². The molecule has 2 heterocycles. The van der Waals surface area contributed by atoms with Gasteiger partial charge in [-0.3, -0.25) is 0 Å². The maximum atomic E-state index is 13.7. The van der Waals surface area contributed by atoms with Gasteiger partial charge in [-0.1, -0.05) is 26.2 Å². The standard InChI is InChI=1S/C21H31FN2.H2/c1-16-3-2-4-17(6-5-16)14-24-11-9-21(10-12-24)15-23-20-8-7-18(22)13-19(20)21;/h7-8,13,16-17,23H,2-6,9-12,14-15H2,1H3;1H. The maximum absolute atomic E-state index is 13.7. The van der Waals surface area contributed by atoms with Crippen LogP contribution in [0.15, 0.2) is 18.2 Å². The molecular weight excluding hydrogens is 299 g/mol. The topological polar surface area (TPSA) is 15.3 Å². The highest BCUT2D eigenvalue weighted by Crippen LogP contribution is 2.44. The lowest BCUT2D eigenvalue weighted by molar-refractivity contribution is 0.142. The molecule has 0 radical (unpaired) electrons. The lowest BCUT2D eigenvalue weighted by Crippen LogP contribution is -2.45. The van der Waals surface area contributed by atoms with Gasteiger partial charge in [-0.05, 0) is 74.4 Å². The van der Waals surface area contributed by atoms with Crippen molar-refractivity contribution in [3.05, 3.63) is 29.6 Å². The molecule has 2 fully saturated rings. The number of nitrogens with one attached hydrogen (secondary N) is 1. The Labute approximate surface area is 147 Å². The SMILES string of the molecule is CC1CCCC(CN2CCC3(CC2)CNc2ccc(F)cc23)CC1.[HH]. The first kappa shape index (κ1) is 16.4. The van der Waals surface area contributed by atoms with Gasteiger partial charge in [0.05, 0.1) is 0 Å². The second kappa shape index (κ2) is 6.67. The third kappa shape index (κ3) is 3.20. The van der Waals surface area contributed by atoms with Crippen LogP contribution in [0.2, 0.25) is 0 Å². The first-order valence-electron chi connectivity index (χ1n) is 9.91. The van der Waals surface area contributed by atoms with E-state index >= 15 is 0 Å². The Kier molecular flexibility index (Phi) is 4.55. The Balaban J connectivity index is 0.00000182. The molecule has 0 bridgehead atoms. The zero-order valence-electron chi connectivity index (χ0n) is 15.0. The van der Waals surface area contributed by atoms with Gasteiger partial charge >= 0.3 is 0 Å². The summed E-state index contributed by atoms with van der Waals surface area (Å²) < 4.78 is 13.7. The number of anilines is 1. The van der Waals surface area contributed by atoms with E-state index in [1.54, 1.807) is 12.1 Å². The second-order valence-electron chi connectivity index (χ2n) is 8.60. The average molecular weight is 333 g/mol. The number of benzene rings is 1. The number of nitrogens with zero attached hydrogens (tertiary/aromatic N) is 1. The van der Waals surface area contributed by atoms with E-state index in [0.29, 0.717) is 0 Å². The molecule has 24 heavy (non-hydrogen) atoms. The Morgan fingerprint density at radius 3 is 2.88 bits per heavy atom. The zero-order valence-corrected chi connectivity index (χ0v) is 15.0. The summed E-state index contributed by atoms with van der Waals surface area (Å²) in [5, 5.41) is 3.51. The van der Waals surface area contributed by atoms with Crippen LogP contribution in [0.1, 0.15) is 58.9 Å². The van der Waals surface area contributed by atoms with E-state index in [2.05, 4.69) is 17.1 Å². The number of rotatable bonds is 2. The van der Waals surface area contributed by atoms with Crippen molar-refractivity contribution >= 4 is 5.69 Å². The largest absolute Gasteiger partial charge is 0.384 e. The van der Waals surface area contributed by atoms with Crippen molar-refractivity contribution in [1.82, 2.24) is 4.90 Å². The number of halogens is 1. The molecule has 1 aromatic rings. The van der Waals surface area contributed by atoms with Crippen LogP contribution in [0, 0.1) is 17.7 Å². The molecule has 134 valence electrons. The molecule has 2 unspecified atom stereocenters. The van der Waals surface area contributed by atoms with E-state index in [1.807, 2.05) is 6.07 Å². The van der Waals surface area contributed by atoms with Crippen molar-refractivity contribution in [3.63, 3.8) is 0 Å². The van der Waals surface area contributed by atoms with Crippen molar-refractivity contribution in [1.29, 1.82) is 0 Å². The fourth-order valence-corrected chi connectivity index (χ4v) is 5.19. The molecule has 2 atom stereocenters. The number of fused-ring (bicyclic) bond motifs is 2. The van der Waals surface area contributed by atoms with Gasteiger partial charge in [0.15, 0.2) is 0 Å². The van der Waals surface area contributed by atoms with Gasteiger partial charge in [0.1, 0.15) is 5.82 Å². The highest BCUT2D eigenvalue weighted by Gasteiger charge is 2.41. The van der Waals surface area contributed by atoms with E-state index in [1.165, 1.54) is 70.1 Å². The van der Waals surface area contributed by atoms with Crippen LogP contribution in [0.4, 0.5) is 10.1 Å². The summed E-state index contributed by atoms with van der Waals surface area (Å²) in [7, 11) is 0. The number of likely N-dealkylation sites (tertiary alicyclic amines) is 1. The minimum absolute atomic E-state index is 0. The molecule has 0 amide bonds. The Bertz CT molecular complexity index is 583. The first-order chi connectivity index (χ1) is 11.6. The summed E-state index contributed by atoms with van der Waals surface area (Å²) in [5.74, 6) is 1.73. The Hall–Kier alpha value is -1.09. The van der Waals surface area contributed by atoms with Crippen LogP contribution in [0.3, 0.4) is 0 Å². The minimum atomic E-state index is -0.0909. The molecule has 4 rings (SSSR count). The van der Waals surface area contributed by atoms with Gasteiger partial charge in [-0.2, -0.15) is 0 Å². The van der Waals surface area contributed by atoms with Gasteiger partial charge in [-0.15, -0.1) is 0 Å². The average Bonchev–Trinajstić information content (AvgIpc) is 2.78. The minimum Gasteiger partial charge on any atom is -0.384 e. The van der Waals surface area contributed by atoms with Crippen LogP contribution < -0.4 is 5.32 Å². The molecule has 1 aromatic carbocycles. The van der Waals surface area contributed by atoms with Crippen molar-refractivity contribution in [2.75, 3.05) is 31.5 Å². The zero-order chi connectivity index (χ0) is 16.6. The summed E-state index contributed by atoms with van der Waals surface area (Å²) in [6, 6.07) is 5.27. The fourth-order valence-electron chi connectivity index (χ4n) is 5.19. The van der Waals surface area contributed by atoms with Crippen LogP contribution in [0.25, 0.3) is 0 Å². The molecule has 3 heteroatoms. The summed E-state index contributed by atoms with van der Waals surface area (Å²) in [6.07, 6.45) is 9.42. The summed E-state index contributed by atoms with van der Waals surface area (Å²) in [4.78, 5) is 2.68. The number of hydrogen-bond donors (Lipinski definition) is 1. The molecule has 1 saturated heterocycles. The van der Waals surface area contributed by atoms with E-state index in [9.17, 15) is 4.39 Å². The van der Waals surface area contributed by atoms with Crippen LogP contribution in [-0.4, -0.2) is 31.1 Å². The van der Waals surface area contributed by atoms with E-state index < -0.39 is 0 Å². The van der Waals surface area contributed by atoms with E-state index in [-0.39, 0.29) is 12.7 Å². The van der Waals surface area contributed by atoms with Gasteiger partial charge < -0.3 is 10.2 Å². The Morgan fingerprint density at radius 1 is 1.21 bits per heavy atom. The lowest BCUT2D eigenvalue weighted by atomic mass is 9.74. The smallest absolute Gasteiger partial charge is 0.123 e.